The van der Waals surface area contributed by atoms with Crippen LogP contribution in [0.2, 0.25) is 0 Å². The summed E-state index contributed by atoms with van der Waals surface area (Å²) in [7, 11) is 0. The summed E-state index contributed by atoms with van der Waals surface area (Å²) in [5.74, 6) is 0.0352. The lowest BCUT2D eigenvalue weighted by Gasteiger charge is -2.33. The van der Waals surface area contributed by atoms with Crippen molar-refractivity contribution in [2.75, 3.05) is 19.8 Å². The Labute approximate surface area is 140 Å². The standard InChI is InChI=1S/C18H31NO4/c1-7-14(2)12-22-18(5,6)13-23-17(3,4)10-11-19-15(20)8-9-16(19)21/h8-9,14H,7,10-13H2,1-6H3. The molecule has 2 amide bonds. The van der Waals surface area contributed by atoms with Crippen LogP contribution in [0.1, 0.15) is 54.4 Å². The molecule has 1 rings (SSSR count). The van der Waals surface area contributed by atoms with E-state index in [1.54, 1.807) is 0 Å². The van der Waals surface area contributed by atoms with E-state index in [0.717, 1.165) is 13.0 Å². The zero-order valence-electron chi connectivity index (χ0n) is 15.3. The van der Waals surface area contributed by atoms with Crippen molar-refractivity contribution in [2.45, 2.75) is 65.6 Å². The summed E-state index contributed by atoms with van der Waals surface area (Å²) in [6.07, 6.45) is 4.30. The summed E-state index contributed by atoms with van der Waals surface area (Å²) in [6, 6.07) is 0. The third kappa shape index (κ3) is 6.83. The molecule has 0 bridgehead atoms. The van der Waals surface area contributed by atoms with E-state index in [4.69, 9.17) is 9.47 Å². The van der Waals surface area contributed by atoms with Gasteiger partial charge in [0.05, 0.1) is 17.8 Å². The number of rotatable bonds is 10. The molecule has 132 valence electrons. The fourth-order valence-electron chi connectivity index (χ4n) is 2.00. The molecule has 0 aromatic carbocycles. The Bertz CT molecular complexity index is 436. The molecule has 0 aromatic heterocycles. The van der Waals surface area contributed by atoms with Gasteiger partial charge in [-0.05, 0) is 40.0 Å². The first kappa shape index (κ1) is 19.8. The summed E-state index contributed by atoms with van der Waals surface area (Å²) in [6.45, 7) is 13.8. The van der Waals surface area contributed by atoms with Crippen LogP contribution in [-0.2, 0) is 19.1 Å². The molecule has 1 atom stereocenters. The predicted molar refractivity (Wildman–Crippen MR) is 90.0 cm³/mol. The van der Waals surface area contributed by atoms with E-state index in [1.165, 1.54) is 17.1 Å². The van der Waals surface area contributed by atoms with Crippen LogP contribution in [-0.4, -0.2) is 47.7 Å². The molecular weight excluding hydrogens is 294 g/mol. The maximum absolute atomic E-state index is 11.6. The second-order valence-corrected chi connectivity index (χ2v) is 7.54. The third-order valence-corrected chi connectivity index (χ3v) is 4.10. The van der Waals surface area contributed by atoms with Gasteiger partial charge < -0.3 is 9.47 Å². The fourth-order valence-corrected chi connectivity index (χ4v) is 2.00. The van der Waals surface area contributed by atoms with Gasteiger partial charge in [0.2, 0.25) is 0 Å². The topological polar surface area (TPSA) is 55.8 Å². The minimum absolute atomic E-state index is 0.247. The van der Waals surface area contributed by atoms with Gasteiger partial charge in [-0.3, -0.25) is 14.5 Å². The van der Waals surface area contributed by atoms with Gasteiger partial charge in [0.15, 0.2) is 0 Å². The van der Waals surface area contributed by atoms with Gasteiger partial charge >= 0.3 is 0 Å². The van der Waals surface area contributed by atoms with Gasteiger partial charge in [-0.1, -0.05) is 20.3 Å². The first-order valence-electron chi connectivity index (χ1n) is 8.38. The molecule has 0 aromatic rings. The van der Waals surface area contributed by atoms with Crippen molar-refractivity contribution in [1.82, 2.24) is 4.90 Å². The number of amides is 2. The molecule has 0 radical (unpaired) electrons. The number of hydrogen-bond acceptors (Lipinski definition) is 4. The highest BCUT2D eigenvalue weighted by atomic mass is 16.6. The molecule has 0 saturated carbocycles. The molecule has 23 heavy (non-hydrogen) atoms. The maximum Gasteiger partial charge on any atom is 0.253 e. The van der Waals surface area contributed by atoms with Crippen LogP contribution in [0.3, 0.4) is 0 Å². The van der Waals surface area contributed by atoms with E-state index < -0.39 is 5.60 Å². The summed E-state index contributed by atoms with van der Waals surface area (Å²) >= 11 is 0. The second kappa shape index (κ2) is 8.06. The van der Waals surface area contributed by atoms with Crippen molar-refractivity contribution in [3.05, 3.63) is 12.2 Å². The largest absolute Gasteiger partial charge is 0.373 e. The molecule has 0 aliphatic carbocycles. The Balaban J connectivity index is 2.39. The molecule has 1 heterocycles. The quantitative estimate of drug-likeness (QED) is 0.580. The molecule has 0 fully saturated rings. The van der Waals surface area contributed by atoms with E-state index in [-0.39, 0.29) is 17.4 Å². The van der Waals surface area contributed by atoms with Gasteiger partial charge in [0.25, 0.3) is 11.8 Å². The summed E-state index contributed by atoms with van der Waals surface area (Å²) < 4.78 is 11.9. The lowest BCUT2D eigenvalue weighted by Crippen LogP contribution is -2.40. The van der Waals surface area contributed by atoms with Crippen molar-refractivity contribution < 1.29 is 19.1 Å². The first-order valence-corrected chi connectivity index (χ1v) is 8.38. The van der Waals surface area contributed by atoms with Crippen LogP contribution in [0.25, 0.3) is 0 Å². The number of ether oxygens (including phenoxy) is 2. The van der Waals surface area contributed by atoms with Gasteiger partial charge in [-0.25, -0.2) is 0 Å². The van der Waals surface area contributed by atoms with Gasteiger partial charge in [0.1, 0.15) is 0 Å². The molecule has 0 saturated heterocycles. The minimum atomic E-state index is -0.430. The van der Waals surface area contributed by atoms with Crippen LogP contribution in [0, 0.1) is 5.92 Å². The average molecular weight is 325 g/mol. The predicted octanol–water partition coefficient (Wildman–Crippen LogP) is 2.94. The smallest absolute Gasteiger partial charge is 0.253 e. The SMILES string of the molecule is CCC(C)COC(C)(C)COC(C)(C)CCN1C(=O)C=CC1=O. The summed E-state index contributed by atoms with van der Waals surface area (Å²) in [5, 5.41) is 0. The molecule has 0 spiro atoms. The summed E-state index contributed by atoms with van der Waals surface area (Å²) in [5.41, 5.74) is -0.790. The second-order valence-electron chi connectivity index (χ2n) is 7.54. The monoisotopic (exact) mass is 325 g/mol. The zero-order chi connectivity index (χ0) is 17.7. The van der Waals surface area contributed by atoms with E-state index in [1.807, 2.05) is 27.7 Å². The van der Waals surface area contributed by atoms with E-state index in [0.29, 0.717) is 25.5 Å². The van der Waals surface area contributed by atoms with Crippen molar-refractivity contribution in [1.29, 1.82) is 0 Å². The number of carbonyl (C=O) groups excluding carboxylic acids is 2. The summed E-state index contributed by atoms with van der Waals surface area (Å²) in [4.78, 5) is 24.4. The van der Waals surface area contributed by atoms with Crippen molar-refractivity contribution in [3.8, 4) is 0 Å². The lowest BCUT2D eigenvalue weighted by molar-refractivity contribution is -0.141. The van der Waals surface area contributed by atoms with Gasteiger partial charge in [-0.2, -0.15) is 0 Å². The van der Waals surface area contributed by atoms with Crippen molar-refractivity contribution >= 4 is 11.8 Å². The van der Waals surface area contributed by atoms with Crippen LogP contribution in [0.5, 0.6) is 0 Å². The number of nitrogens with zero attached hydrogens (tertiary/aromatic N) is 1. The van der Waals surface area contributed by atoms with Crippen LogP contribution < -0.4 is 0 Å². The van der Waals surface area contributed by atoms with Crippen molar-refractivity contribution in [3.63, 3.8) is 0 Å². The normalized spacial score (nSPS) is 17.2. The fraction of sp³-hybridized carbons (Fsp3) is 0.778. The number of hydrogen-bond donors (Lipinski definition) is 0. The van der Waals surface area contributed by atoms with E-state index in [9.17, 15) is 9.59 Å². The Morgan fingerprint density at radius 2 is 1.61 bits per heavy atom. The molecule has 5 nitrogen and oxygen atoms in total. The zero-order valence-corrected chi connectivity index (χ0v) is 15.3. The van der Waals surface area contributed by atoms with E-state index >= 15 is 0 Å². The van der Waals surface area contributed by atoms with Gasteiger partial charge in [0, 0.05) is 25.3 Å². The Hall–Kier alpha value is -1.20. The van der Waals surface area contributed by atoms with Crippen LogP contribution in [0.4, 0.5) is 0 Å². The Morgan fingerprint density at radius 1 is 1.04 bits per heavy atom. The Morgan fingerprint density at radius 3 is 2.13 bits per heavy atom. The molecule has 0 N–H and O–H groups in total. The minimum Gasteiger partial charge on any atom is -0.373 e. The number of imide groups is 1. The highest BCUT2D eigenvalue weighted by molar-refractivity contribution is 6.12. The Kier molecular flexibility index (Phi) is 6.96. The highest BCUT2D eigenvalue weighted by Crippen LogP contribution is 2.21. The third-order valence-electron chi connectivity index (χ3n) is 4.10. The van der Waals surface area contributed by atoms with Crippen molar-refractivity contribution in [2.24, 2.45) is 5.92 Å². The molecule has 1 aliphatic rings. The molecule has 5 heteroatoms. The first-order chi connectivity index (χ1) is 10.6. The molecule has 1 unspecified atom stereocenters. The number of carbonyl (C=O) groups is 2. The van der Waals surface area contributed by atoms with E-state index in [2.05, 4.69) is 13.8 Å². The highest BCUT2D eigenvalue weighted by Gasteiger charge is 2.29. The van der Waals surface area contributed by atoms with Crippen LogP contribution >= 0.6 is 0 Å². The lowest BCUT2D eigenvalue weighted by atomic mass is 10.0. The molecule has 1 aliphatic heterocycles. The van der Waals surface area contributed by atoms with Crippen LogP contribution in [0.15, 0.2) is 12.2 Å². The maximum atomic E-state index is 11.6. The van der Waals surface area contributed by atoms with Gasteiger partial charge in [-0.15, -0.1) is 0 Å². The molecular formula is C18H31NO4. The average Bonchev–Trinajstić information content (AvgIpc) is 2.80.